The summed E-state index contributed by atoms with van der Waals surface area (Å²) in [6.45, 7) is 0. The van der Waals surface area contributed by atoms with Crippen molar-refractivity contribution in [2.24, 2.45) is 10.2 Å². The number of para-hydroxylation sites is 2. The second kappa shape index (κ2) is 11.6. The average molecular weight is 509 g/mol. The number of anilines is 4. The van der Waals surface area contributed by atoms with Crippen LogP contribution in [-0.4, -0.2) is 29.5 Å². The molecule has 1 heterocycles. The second-order valence-corrected chi connectivity index (χ2v) is 7.36. The molecule has 4 rings (SSSR count). The van der Waals surface area contributed by atoms with E-state index >= 15 is 0 Å². The third-order valence-electron chi connectivity index (χ3n) is 4.77. The summed E-state index contributed by atoms with van der Waals surface area (Å²) in [5.41, 5.74) is 5.98. The van der Waals surface area contributed by atoms with Gasteiger partial charge in [0.1, 0.15) is 29.0 Å². The highest BCUT2D eigenvalue weighted by Gasteiger charge is 2.09. The number of ether oxygens (including phenoxy) is 1. The fourth-order valence-corrected chi connectivity index (χ4v) is 3.03. The molecule has 0 amide bonds. The molecule has 0 spiro atoms. The molecular formula is C25H19F4N7O. The molecule has 0 atom stereocenters. The first-order valence-corrected chi connectivity index (χ1v) is 10.7. The van der Waals surface area contributed by atoms with Gasteiger partial charge in [-0.05, 0) is 36.4 Å². The molecule has 0 fully saturated rings. The Bertz CT molecular complexity index is 1380. The Labute approximate surface area is 208 Å². The summed E-state index contributed by atoms with van der Waals surface area (Å²) in [5.74, 6) is -1.97. The maximum atomic E-state index is 13.9. The molecule has 37 heavy (non-hydrogen) atoms. The smallest absolute Gasteiger partial charge is 0.231 e. The minimum absolute atomic E-state index is 0.0552. The largest absolute Gasteiger partial charge is 0.495 e. The Balaban J connectivity index is 1.58. The van der Waals surface area contributed by atoms with Crippen molar-refractivity contribution >= 4 is 35.7 Å². The summed E-state index contributed by atoms with van der Waals surface area (Å²) in [5, 5.41) is 10.9. The summed E-state index contributed by atoms with van der Waals surface area (Å²) in [4.78, 5) is 8.62. The number of nitrogens with zero attached hydrogens (tertiary/aromatic N) is 4. The van der Waals surface area contributed by atoms with Crippen LogP contribution in [0.1, 0.15) is 11.1 Å². The first-order chi connectivity index (χ1) is 17.9. The van der Waals surface area contributed by atoms with E-state index in [2.05, 4.69) is 36.3 Å². The quantitative estimate of drug-likeness (QED) is 0.153. The molecule has 3 N–H and O–H groups in total. The molecule has 0 radical (unpaired) electrons. The highest BCUT2D eigenvalue weighted by molar-refractivity contribution is 5.81. The standard InChI is InChI=1S/C25H19F4N7O/c1-37-22-5-3-2-4-21(22)32-25-33-23(35-30-13-15-6-8-17(26)10-19(15)28)12-24(34-25)36-31-14-16-7-9-18(27)11-20(16)29/h2-14H,1H3,(H3,32,33,34,35,36). The van der Waals surface area contributed by atoms with E-state index < -0.39 is 23.3 Å². The van der Waals surface area contributed by atoms with E-state index in [0.29, 0.717) is 11.4 Å². The zero-order chi connectivity index (χ0) is 26.2. The molecular weight excluding hydrogens is 490 g/mol. The Hall–Kier alpha value is -5.00. The van der Waals surface area contributed by atoms with Gasteiger partial charge in [-0.2, -0.15) is 20.2 Å². The van der Waals surface area contributed by atoms with Crippen LogP contribution in [0.15, 0.2) is 76.9 Å². The molecule has 0 saturated carbocycles. The van der Waals surface area contributed by atoms with Crippen LogP contribution < -0.4 is 20.9 Å². The van der Waals surface area contributed by atoms with Gasteiger partial charge in [0.15, 0.2) is 11.6 Å². The Morgan fingerprint density at radius 3 is 1.78 bits per heavy atom. The Morgan fingerprint density at radius 1 is 0.730 bits per heavy atom. The number of halogens is 4. The number of nitrogens with one attached hydrogen (secondary N) is 3. The maximum absolute atomic E-state index is 13.9. The van der Waals surface area contributed by atoms with Gasteiger partial charge in [-0.25, -0.2) is 17.6 Å². The van der Waals surface area contributed by atoms with Gasteiger partial charge < -0.3 is 10.1 Å². The molecule has 188 valence electrons. The van der Waals surface area contributed by atoms with Crippen LogP contribution in [0.5, 0.6) is 5.75 Å². The van der Waals surface area contributed by atoms with Crippen molar-refractivity contribution in [2.75, 3.05) is 23.3 Å². The van der Waals surface area contributed by atoms with Crippen molar-refractivity contribution in [3.05, 3.63) is 101 Å². The lowest BCUT2D eigenvalue weighted by atomic mass is 10.2. The lowest BCUT2D eigenvalue weighted by Gasteiger charge is -2.11. The van der Waals surface area contributed by atoms with E-state index in [1.807, 2.05) is 0 Å². The number of hydrogen-bond acceptors (Lipinski definition) is 8. The zero-order valence-corrected chi connectivity index (χ0v) is 19.2. The second-order valence-electron chi connectivity index (χ2n) is 7.36. The predicted octanol–water partition coefficient (Wildman–Crippen LogP) is 5.68. The number of hydrazone groups is 2. The summed E-state index contributed by atoms with van der Waals surface area (Å²) >= 11 is 0. The summed E-state index contributed by atoms with van der Waals surface area (Å²) in [7, 11) is 1.51. The molecule has 0 aliphatic rings. The molecule has 4 aromatic rings. The average Bonchev–Trinajstić information content (AvgIpc) is 2.87. The Kier molecular flexibility index (Phi) is 7.88. The van der Waals surface area contributed by atoms with Gasteiger partial charge in [0.25, 0.3) is 0 Å². The molecule has 0 aliphatic carbocycles. The van der Waals surface area contributed by atoms with Crippen LogP contribution in [-0.2, 0) is 0 Å². The fraction of sp³-hybridized carbons (Fsp3) is 0.0400. The van der Waals surface area contributed by atoms with Crippen LogP contribution in [0, 0.1) is 23.3 Å². The number of methoxy groups -OCH3 is 1. The van der Waals surface area contributed by atoms with Crippen LogP contribution in [0.2, 0.25) is 0 Å². The van der Waals surface area contributed by atoms with Gasteiger partial charge in [0.05, 0.1) is 25.2 Å². The minimum atomic E-state index is -0.781. The summed E-state index contributed by atoms with van der Waals surface area (Å²) in [6.07, 6.45) is 2.32. The van der Waals surface area contributed by atoms with Crippen LogP contribution in [0.4, 0.5) is 40.8 Å². The zero-order valence-electron chi connectivity index (χ0n) is 19.2. The first-order valence-electron chi connectivity index (χ1n) is 10.7. The van der Waals surface area contributed by atoms with Crippen LogP contribution >= 0.6 is 0 Å². The van der Waals surface area contributed by atoms with E-state index in [0.717, 1.165) is 36.7 Å². The van der Waals surface area contributed by atoms with Crippen LogP contribution in [0.3, 0.4) is 0 Å². The summed E-state index contributed by atoms with van der Waals surface area (Å²) in [6, 6.07) is 14.7. The highest BCUT2D eigenvalue weighted by Crippen LogP contribution is 2.27. The van der Waals surface area contributed by atoms with Crippen molar-refractivity contribution in [3.63, 3.8) is 0 Å². The normalized spacial score (nSPS) is 11.2. The first kappa shape index (κ1) is 25.1. The molecule has 1 aromatic heterocycles. The van der Waals surface area contributed by atoms with Gasteiger partial charge in [-0.3, -0.25) is 10.9 Å². The molecule has 12 heteroatoms. The fourth-order valence-electron chi connectivity index (χ4n) is 3.03. The van der Waals surface area contributed by atoms with Gasteiger partial charge in [-0.15, -0.1) is 0 Å². The van der Waals surface area contributed by atoms with Crippen molar-refractivity contribution in [1.82, 2.24) is 9.97 Å². The topological polar surface area (TPSA) is 95.8 Å². The van der Waals surface area contributed by atoms with Crippen molar-refractivity contribution in [3.8, 4) is 5.75 Å². The van der Waals surface area contributed by atoms with Crippen molar-refractivity contribution in [1.29, 1.82) is 0 Å². The van der Waals surface area contributed by atoms with Crippen molar-refractivity contribution in [2.45, 2.75) is 0 Å². The molecule has 0 unspecified atom stereocenters. The highest BCUT2D eigenvalue weighted by atomic mass is 19.1. The molecule has 0 aliphatic heterocycles. The maximum Gasteiger partial charge on any atom is 0.231 e. The predicted molar refractivity (Wildman–Crippen MR) is 133 cm³/mol. The molecule has 3 aromatic carbocycles. The van der Waals surface area contributed by atoms with E-state index in [1.54, 1.807) is 24.3 Å². The molecule has 0 saturated heterocycles. The SMILES string of the molecule is COc1ccccc1Nc1nc(NN=Cc2ccc(F)cc2F)cc(NN=Cc2ccc(F)cc2F)n1. The monoisotopic (exact) mass is 509 g/mol. The number of rotatable bonds is 9. The number of aromatic nitrogens is 2. The van der Waals surface area contributed by atoms with Gasteiger partial charge in [-0.1, -0.05) is 12.1 Å². The van der Waals surface area contributed by atoms with E-state index in [9.17, 15) is 17.6 Å². The van der Waals surface area contributed by atoms with E-state index in [1.165, 1.54) is 25.3 Å². The Morgan fingerprint density at radius 2 is 1.27 bits per heavy atom. The molecule has 8 nitrogen and oxygen atoms in total. The minimum Gasteiger partial charge on any atom is -0.495 e. The lowest BCUT2D eigenvalue weighted by Crippen LogP contribution is -2.05. The molecule has 0 bridgehead atoms. The summed E-state index contributed by atoms with van der Waals surface area (Å²) < 4.78 is 59.3. The van der Waals surface area contributed by atoms with E-state index in [4.69, 9.17) is 4.74 Å². The third kappa shape index (κ3) is 6.78. The number of benzene rings is 3. The third-order valence-corrected chi connectivity index (χ3v) is 4.77. The van der Waals surface area contributed by atoms with Gasteiger partial charge >= 0.3 is 0 Å². The van der Waals surface area contributed by atoms with Gasteiger partial charge in [0.2, 0.25) is 5.95 Å². The van der Waals surface area contributed by atoms with Gasteiger partial charge in [0, 0.05) is 29.3 Å². The van der Waals surface area contributed by atoms with E-state index in [-0.39, 0.29) is 28.7 Å². The number of hydrogen-bond donors (Lipinski definition) is 3. The van der Waals surface area contributed by atoms with Crippen molar-refractivity contribution < 1.29 is 22.3 Å². The lowest BCUT2D eigenvalue weighted by molar-refractivity contribution is 0.417. The van der Waals surface area contributed by atoms with Crippen LogP contribution in [0.25, 0.3) is 0 Å².